The lowest BCUT2D eigenvalue weighted by Gasteiger charge is -2.08. The molecule has 0 saturated carbocycles. The predicted octanol–water partition coefficient (Wildman–Crippen LogP) is -0.416. The Morgan fingerprint density at radius 3 is 2.71 bits per heavy atom. The van der Waals surface area contributed by atoms with Gasteiger partial charge in [-0.05, 0) is 26.1 Å². The summed E-state index contributed by atoms with van der Waals surface area (Å²) < 4.78 is 24.8. The minimum atomic E-state index is -3.34. The molecule has 0 radical (unpaired) electrons. The van der Waals surface area contributed by atoms with E-state index in [1.165, 1.54) is 7.05 Å². The number of aryl methyl sites for hydroxylation is 1. The van der Waals surface area contributed by atoms with E-state index in [9.17, 15) is 13.2 Å². The molecule has 1 aromatic carbocycles. The Kier molecular flexibility index (Phi) is 6.37. The first-order valence-corrected chi connectivity index (χ1v) is 8.04. The van der Waals surface area contributed by atoms with Crippen LogP contribution in [0.3, 0.4) is 0 Å². The van der Waals surface area contributed by atoms with Crippen LogP contribution in [0, 0.1) is 18.8 Å². The van der Waals surface area contributed by atoms with Gasteiger partial charge in [0.05, 0.1) is 17.9 Å². The van der Waals surface area contributed by atoms with Crippen LogP contribution < -0.4 is 15.8 Å². The average Bonchev–Trinajstić information content (AvgIpc) is 2.45. The fourth-order valence-electron chi connectivity index (χ4n) is 1.60. The van der Waals surface area contributed by atoms with Crippen LogP contribution in [-0.2, 0) is 10.0 Å². The van der Waals surface area contributed by atoms with Gasteiger partial charge < -0.3 is 11.1 Å². The molecule has 4 N–H and O–H groups in total. The van der Waals surface area contributed by atoms with Crippen molar-refractivity contribution in [3.63, 3.8) is 0 Å². The van der Waals surface area contributed by atoms with Crippen LogP contribution in [-0.4, -0.2) is 40.2 Å². The molecule has 0 atom stereocenters. The maximum Gasteiger partial charge on any atom is 0.252 e. The van der Waals surface area contributed by atoms with E-state index >= 15 is 0 Å². The van der Waals surface area contributed by atoms with Gasteiger partial charge in [-0.1, -0.05) is 23.5 Å². The van der Waals surface area contributed by atoms with E-state index in [4.69, 9.17) is 5.73 Å². The van der Waals surface area contributed by atoms with Gasteiger partial charge in [0.25, 0.3) is 5.91 Å². The summed E-state index contributed by atoms with van der Waals surface area (Å²) in [6, 6.07) is 5.31. The molecule has 0 aliphatic rings. The van der Waals surface area contributed by atoms with E-state index in [-0.39, 0.29) is 24.7 Å². The maximum absolute atomic E-state index is 12.1. The van der Waals surface area contributed by atoms with Crippen LogP contribution in [0.4, 0.5) is 0 Å². The number of benzene rings is 1. The van der Waals surface area contributed by atoms with Crippen molar-refractivity contribution in [1.29, 1.82) is 0 Å². The van der Waals surface area contributed by atoms with Crippen LogP contribution in [0.5, 0.6) is 0 Å². The summed E-state index contributed by atoms with van der Waals surface area (Å²) in [4.78, 5) is 12.1. The smallest absolute Gasteiger partial charge is 0.252 e. The predicted molar refractivity (Wildman–Crippen MR) is 82.3 cm³/mol. The van der Waals surface area contributed by atoms with Crippen molar-refractivity contribution < 1.29 is 13.2 Å². The monoisotopic (exact) mass is 309 g/mol. The molecule has 6 nitrogen and oxygen atoms in total. The highest BCUT2D eigenvalue weighted by Gasteiger charge is 2.12. The van der Waals surface area contributed by atoms with E-state index in [1.807, 2.05) is 13.0 Å². The number of sulfonamides is 1. The Morgan fingerprint density at radius 1 is 1.38 bits per heavy atom. The second kappa shape index (κ2) is 7.78. The van der Waals surface area contributed by atoms with Gasteiger partial charge >= 0.3 is 0 Å². The first kappa shape index (κ1) is 17.2. The first-order valence-electron chi connectivity index (χ1n) is 6.38. The van der Waals surface area contributed by atoms with Crippen molar-refractivity contribution in [3.8, 4) is 11.8 Å². The van der Waals surface area contributed by atoms with E-state index in [2.05, 4.69) is 21.9 Å². The second-order valence-electron chi connectivity index (χ2n) is 4.33. The van der Waals surface area contributed by atoms with Crippen molar-refractivity contribution in [2.75, 3.05) is 25.9 Å². The van der Waals surface area contributed by atoms with Gasteiger partial charge in [0.2, 0.25) is 10.0 Å². The highest BCUT2D eigenvalue weighted by atomic mass is 32.2. The fraction of sp³-hybridized carbons (Fsp3) is 0.357. The molecule has 0 aromatic heterocycles. The Hall–Kier alpha value is -1.88. The minimum Gasteiger partial charge on any atom is -0.351 e. The molecular weight excluding hydrogens is 290 g/mol. The molecule has 0 saturated heterocycles. The molecule has 0 spiro atoms. The molecule has 0 unspecified atom stereocenters. The highest BCUT2D eigenvalue weighted by molar-refractivity contribution is 7.89. The first-order chi connectivity index (χ1) is 9.89. The summed E-state index contributed by atoms with van der Waals surface area (Å²) in [5.74, 6) is 5.00. The second-order valence-corrected chi connectivity index (χ2v) is 6.38. The molecule has 0 aliphatic carbocycles. The van der Waals surface area contributed by atoms with E-state index in [0.29, 0.717) is 11.1 Å². The van der Waals surface area contributed by atoms with Crippen LogP contribution >= 0.6 is 0 Å². The van der Waals surface area contributed by atoms with Crippen molar-refractivity contribution in [3.05, 3.63) is 34.9 Å². The lowest BCUT2D eigenvalue weighted by atomic mass is 10.0. The number of amides is 1. The highest BCUT2D eigenvalue weighted by Crippen LogP contribution is 2.10. The molecule has 0 aliphatic heterocycles. The topological polar surface area (TPSA) is 101 Å². The number of nitrogens with one attached hydrogen (secondary N) is 2. The third kappa shape index (κ3) is 5.55. The fourth-order valence-corrected chi connectivity index (χ4v) is 2.17. The minimum absolute atomic E-state index is 0.0275. The molecule has 1 rings (SSSR count). The molecule has 1 aromatic rings. The lowest BCUT2D eigenvalue weighted by molar-refractivity contribution is 0.0956. The van der Waals surface area contributed by atoms with E-state index in [0.717, 1.165) is 5.56 Å². The molecule has 114 valence electrons. The number of hydrogen-bond donors (Lipinski definition) is 3. The van der Waals surface area contributed by atoms with E-state index < -0.39 is 10.0 Å². The number of nitrogens with two attached hydrogens (primary N) is 1. The Morgan fingerprint density at radius 2 is 2.10 bits per heavy atom. The van der Waals surface area contributed by atoms with Crippen LogP contribution in [0.2, 0.25) is 0 Å². The summed E-state index contributed by atoms with van der Waals surface area (Å²) >= 11 is 0. The van der Waals surface area contributed by atoms with Crippen molar-refractivity contribution in [1.82, 2.24) is 10.0 Å². The van der Waals surface area contributed by atoms with Gasteiger partial charge in [0, 0.05) is 12.1 Å². The lowest BCUT2D eigenvalue weighted by Crippen LogP contribution is -2.33. The summed E-state index contributed by atoms with van der Waals surface area (Å²) in [7, 11) is -2.01. The SMILES string of the molecule is CNS(=O)(=O)CCNC(=O)c1cc(C)ccc1C#CCN. The normalized spacial score (nSPS) is 10.6. The third-order valence-electron chi connectivity index (χ3n) is 2.71. The molecular formula is C14H19N3O3S. The zero-order valence-electron chi connectivity index (χ0n) is 12.1. The molecule has 0 fully saturated rings. The van der Waals surface area contributed by atoms with Gasteiger partial charge in [-0.3, -0.25) is 4.79 Å². The molecule has 1 amide bonds. The van der Waals surface area contributed by atoms with Crippen molar-refractivity contribution in [2.24, 2.45) is 5.73 Å². The van der Waals surface area contributed by atoms with Gasteiger partial charge in [-0.2, -0.15) is 0 Å². The van der Waals surface area contributed by atoms with Crippen LogP contribution in [0.25, 0.3) is 0 Å². The quantitative estimate of drug-likeness (QED) is 0.643. The number of hydrogen-bond acceptors (Lipinski definition) is 4. The summed E-state index contributed by atoms with van der Waals surface area (Å²) in [5, 5.41) is 2.58. The zero-order valence-corrected chi connectivity index (χ0v) is 12.9. The maximum atomic E-state index is 12.1. The van der Waals surface area contributed by atoms with Crippen LogP contribution in [0.1, 0.15) is 21.5 Å². The van der Waals surface area contributed by atoms with Gasteiger partial charge in [-0.25, -0.2) is 13.1 Å². The standard InChI is InChI=1S/C14H19N3O3S/c1-11-5-6-12(4-3-7-15)13(10-11)14(18)17-8-9-21(19,20)16-2/h5-6,10,16H,7-9,15H2,1-2H3,(H,17,18). The van der Waals surface area contributed by atoms with Gasteiger partial charge in [-0.15, -0.1) is 0 Å². The van der Waals surface area contributed by atoms with Gasteiger partial charge in [0.1, 0.15) is 0 Å². The van der Waals surface area contributed by atoms with Gasteiger partial charge in [0.15, 0.2) is 0 Å². The molecule has 7 heteroatoms. The summed E-state index contributed by atoms with van der Waals surface area (Å²) in [5.41, 5.74) is 7.23. The molecule has 0 heterocycles. The third-order valence-corrected chi connectivity index (χ3v) is 4.08. The Labute approximate surface area is 125 Å². The van der Waals surface area contributed by atoms with E-state index in [1.54, 1.807) is 12.1 Å². The summed E-state index contributed by atoms with van der Waals surface area (Å²) in [6.07, 6.45) is 0. The largest absolute Gasteiger partial charge is 0.351 e. The Bertz CT molecular complexity index is 672. The molecule has 0 bridgehead atoms. The summed E-state index contributed by atoms with van der Waals surface area (Å²) in [6.45, 7) is 2.09. The number of rotatable bonds is 5. The van der Waals surface area contributed by atoms with Crippen molar-refractivity contribution >= 4 is 15.9 Å². The molecule has 21 heavy (non-hydrogen) atoms. The van der Waals surface area contributed by atoms with Crippen molar-refractivity contribution in [2.45, 2.75) is 6.92 Å². The number of carbonyl (C=O) groups excluding carboxylic acids is 1. The Balaban J connectivity index is 2.84. The average molecular weight is 309 g/mol. The van der Waals surface area contributed by atoms with Crippen LogP contribution in [0.15, 0.2) is 18.2 Å². The number of carbonyl (C=O) groups is 1. The zero-order chi connectivity index (χ0) is 15.9.